The summed E-state index contributed by atoms with van der Waals surface area (Å²) in [6.45, 7) is 4.25. The molecule has 2 aromatic carbocycles. The fourth-order valence-electron chi connectivity index (χ4n) is 1.97. The predicted molar refractivity (Wildman–Crippen MR) is 82.9 cm³/mol. The van der Waals surface area contributed by atoms with Crippen molar-refractivity contribution in [2.45, 2.75) is 24.0 Å². The molecular weight excluding hydrogens is 268 g/mol. The standard InChI is InChI=1S/C17H18O2S/c1-3-19-17(18)16(15-12-8-7-9-13(15)2)20-14-10-5-4-6-11-14/h4-12,16H,3H2,1-2H3. The lowest BCUT2D eigenvalue weighted by Crippen LogP contribution is -2.14. The van der Waals surface area contributed by atoms with Crippen molar-refractivity contribution >= 4 is 17.7 Å². The maximum Gasteiger partial charge on any atom is 0.323 e. The number of carbonyl (C=O) groups is 1. The van der Waals surface area contributed by atoms with Gasteiger partial charge in [0.05, 0.1) is 6.61 Å². The zero-order valence-corrected chi connectivity index (χ0v) is 12.5. The number of hydrogen-bond acceptors (Lipinski definition) is 3. The van der Waals surface area contributed by atoms with Crippen molar-refractivity contribution in [2.24, 2.45) is 0 Å². The van der Waals surface area contributed by atoms with Crippen LogP contribution in [-0.4, -0.2) is 12.6 Å². The van der Waals surface area contributed by atoms with E-state index in [2.05, 4.69) is 0 Å². The van der Waals surface area contributed by atoms with Crippen molar-refractivity contribution in [1.29, 1.82) is 0 Å². The van der Waals surface area contributed by atoms with E-state index in [-0.39, 0.29) is 11.2 Å². The number of esters is 1. The van der Waals surface area contributed by atoms with Gasteiger partial charge in [0.25, 0.3) is 0 Å². The normalized spacial score (nSPS) is 11.9. The van der Waals surface area contributed by atoms with E-state index in [0.29, 0.717) is 6.61 Å². The molecule has 104 valence electrons. The fraction of sp³-hybridized carbons (Fsp3) is 0.235. The summed E-state index contributed by atoms with van der Waals surface area (Å²) < 4.78 is 5.23. The van der Waals surface area contributed by atoms with Crippen molar-refractivity contribution in [3.63, 3.8) is 0 Å². The Balaban J connectivity index is 2.30. The summed E-state index contributed by atoms with van der Waals surface area (Å²) in [5.74, 6) is -0.185. The van der Waals surface area contributed by atoms with Gasteiger partial charge in [-0.05, 0) is 37.1 Å². The second-order valence-electron chi connectivity index (χ2n) is 4.42. The molecule has 0 amide bonds. The van der Waals surface area contributed by atoms with E-state index in [1.807, 2.05) is 68.4 Å². The van der Waals surface area contributed by atoms with Crippen molar-refractivity contribution < 1.29 is 9.53 Å². The third-order valence-electron chi connectivity index (χ3n) is 2.97. The maximum absolute atomic E-state index is 12.3. The summed E-state index contributed by atoms with van der Waals surface area (Å²) in [6, 6.07) is 17.9. The lowest BCUT2D eigenvalue weighted by atomic mass is 10.1. The zero-order chi connectivity index (χ0) is 14.4. The highest BCUT2D eigenvalue weighted by Crippen LogP contribution is 2.37. The molecule has 0 aliphatic rings. The Kier molecular flexibility index (Phi) is 5.24. The van der Waals surface area contributed by atoms with E-state index < -0.39 is 0 Å². The highest BCUT2D eigenvalue weighted by Gasteiger charge is 2.24. The topological polar surface area (TPSA) is 26.3 Å². The van der Waals surface area contributed by atoms with E-state index in [0.717, 1.165) is 16.0 Å². The van der Waals surface area contributed by atoms with Crippen molar-refractivity contribution in [3.05, 3.63) is 65.7 Å². The first-order valence-corrected chi connectivity index (χ1v) is 7.54. The molecular formula is C17H18O2S. The number of hydrogen-bond donors (Lipinski definition) is 0. The Bertz CT molecular complexity index is 566. The van der Waals surface area contributed by atoms with Gasteiger partial charge in [-0.1, -0.05) is 42.5 Å². The molecule has 0 saturated heterocycles. The quantitative estimate of drug-likeness (QED) is 0.602. The number of carbonyl (C=O) groups excluding carboxylic acids is 1. The number of thioether (sulfide) groups is 1. The molecule has 2 aromatic rings. The summed E-state index contributed by atoms with van der Waals surface area (Å²) in [7, 11) is 0. The van der Waals surface area contributed by atoms with Crippen LogP contribution >= 0.6 is 11.8 Å². The van der Waals surface area contributed by atoms with E-state index >= 15 is 0 Å². The van der Waals surface area contributed by atoms with Gasteiger partial charge in [-0.3, -0.25) is 4.79 Å². The van der Waals surface area contributed by atoms with Crippen LogP contribution in [0.1, 0.15) is 23.3 Å². The van der Waals surface area contributed by atoms with Gasteiger partial charge >= 0.3 is 5.97 Å². The summed E-state index contributed by atoms with van der Waals surface area (Å²) in [6.07, 6.45) is 0. The van der Waals surface area contributed by atoms with Gasteiger partial charge < -0.3 is 4.74 Å². The number of rotatable bonds is 5. The van der Waals surface area contributed by atoms with Crippen LogP contribution in [0.2, 0.25) is 0 Å². The van der Waals surface area contributed by atoms with Gasteiger partial charge in [0.1, 0.15) is 5.25 Å². The minimum atomic E-state index is -0.321. The number of aryl methyl sites for hydroxylation is 1. The van der Waals surface area contributed by atoms with Crippen LogP contribution in [-0.2, 0) is 9.53 Å². The molecule has 0 saturated carbocycles. The molecule has 0 fully saturated rings. The van der Waals surface area contributed by atoms with E-state index in [1.54, 1.807) is 0 Å². The molecule has 1 unspecified atom stereocenters. The molecule has 3 heteroatoms. The zero-order valence-electron chi connectivity index (χ0n) is 11.7. The minimum absolute atomic E-state index is 0.185. The molecule has 0 N–H and O–H groups in total. The van der Waals surface area contributed by atoms with Crippen LogP contribution in [0.5, 0.6) is 0 Å². The van der Waals surface area contributed by atoms with Crippen LogP contribution in [0.3, 0.4) is 0 Å². The summed E-state index contributed by atoms with van der Waals surface area (Å²) in [5.41, 5.74) is 2.12. The molecule has 20 heavy (non-hydrogen) atoms. The fourth-order valence-corrected chi connectivity index (χ4v) is 3.11. The van der Waals surface area contributed by atoms with Gasteiger partial charge in [-0.25, -0.2) is 0 Å². The lowest BCUT2D eigenvalue weighted by molar-refractivity contribution is -0.142. The third-order valence-corrected chi connectivity index (χ3v) is 4.20. The molecule has 0 radical (unpaired) electrons. The summed E-state index contributed by atoms with van der Waals surface area (Å²) >= 11 is 1.53. The highest BCUT2D eigenvalue weighted by atomic mass is 32.2. The molecule has 1 atom stereocenters. The van der Waals surface area contributed by atoms with Crippen LogP contribution in [0.15, 0.2) is 59.5 Å². The van der Waals surface area contributed by atoms with E-state index in [4.69, 9.17) is 4.74 Å². The highest BCUT2D eigenvalue weighted by molar-refractivity contribution is 8.00. The first-order valence-electron chi connectivity index (χ1n) is 6.66. The monoisotopic (exact) mass is 286 g/mol. The largest absolute Gasteiger partial charge is 0.465 e. The van der Waals surface area contributed by atoms with E-state index in [1.165, 1.54) is 11.8 Å². The molecule has 0 aromatic heterocycles. The van der Waals surface area contributed by atoms with Crippen LogP contribution in [0, 0.1) is 6.92 Å². The Morgan fingerprint density at radius 2 is 1.75 bits per heavy atom. The van der Waals surface area contributed by atoms with Crippen molar-refractivity contribution in [1.82, 2.24) is 0 Å². The Morgan fingerprint density at radius 3 is 2.40 bits per heavy atom. The predicted octanol–water partition coefficient (Wildman–Crippen LogP) is 4.39. The summed E-state index contributed by atoms with van der Waals surface area (Å²) in [5, 5.41) is -0.321. The molecule has 0 bridgehead atoms. The van der Waals surface area contributed by atoms with E-state index in [9.17, 15) is 4.79 Å². The second kappa shape index (κ2) is 7.15. The first kappa shape index (κ1) is 14.7. The molecule has 2 rings (SSSR count). The van der Waals surface area contributed by atoms with Gasteiger partial charge in [-0.2, -0.15) is 0 Å². The van der Waals surface area contributed by atoms with Gasteiger partial charge in [0, 0.05) is 4.90 Å². The SMILES string of the molecule is CCOC(=O)C(Sc1ccccc1)c1ccccc1C. The Labute approximate surface area is 124 Å². The lowest BCUT2D eigenvalue weighted by Gasteiger charge is -2.17. The average molecular weight is 286 g/mol. The third kappa shape index (κ3) is 3.64. The smallest absolute Gasteiger partial charge is 0.323 e. The van der Waals surface area contributed by atoms with Crippen molar-refractivity contribution in [2.75, 3.05) is 6.61 Å². The number of ether oxygens (including phenoxy) is 1. The maximum atomic E-state index is 12.3. The van der Waals surface area contributed by atoms with Gasteiger partial charge in [-0.15, -0.1) is 11.8 Å². The van der Waals surface area contributed by atoms with Gasteiger partial charge in [0.15, 0.2) is 0 Å². The van der Waals surface area contributed by atoms with Crippen LogP contribution < -0.4 is 0 Å². The molecule has 0 aliphatic heterocycles. The molecule has 0 aliphatic carbocycles. The average Bonchev–Trinajstić information content (AvgIpc) is 2.47. The first-order chi connectivity index (χ1) is 9.72. The molecule has 2 nitrogen and oxygen atoms in total. The van der Waals surface area contributed by atoms with Crippen LogP contribution in [0.4, 0.5) is 0 Å². The van der Waals surface area contributed by atoms with Crippen molar-refractivity contribution in [3.8, 4) is 0 Å². The molecule has 0 heterocycles. The molecule has 0 spiro atoms. The number of benzene rings is 2. The van der Waals surface area contributed by atoms with Gasteiger partial charge in [0.2, 0.25) is 0 Å². The second-order valence-corrected chi connectivity index (χ2v) is 5.60. The summed E-state index contributed by atoms with van der Waals surface area (Å²) in [4.78, 5) is 13.3. The Morgan fingerprint density at radius 1 is 1.10 bits per heavy atom. The Hall–Kier alpha value is -1.74. The van der Waals surface area contributed by atoms with Crippen LogP contribution in [0.25, 0.3) is 0 Å². The minimum Gasteiger partial charge on any atom is -0.465 e.